The number of hydrogen-bond donors (Lipinski definition) is 0. The second-order valence-electron chi connectivity index (χ2n) is 3.38. The van der Waals surface area contributed by atoms with E-state index in [1.807, 2.05) is 0 Å². The molecule has 1 aliphatic rings. The van der Waals surface area contributed by atoms with Crippen molar-refractivity contribution in [2.24, 2.45) is 0 Å². The Balaban J connectivity index is 2.27. The van der Waals surface area contributed by atoms with Gasteiger partial charge in [-0.05, 0) is 38.5 Å². The van der Waals surface area contributed by atoms with Gasteiger partial charge in [-0.3, -0.25) is 0 Å². The first-order chi connectivity index (χ1) is 6.50. The van der Waals surface area contributed by atoms with Crippen LogP contribution in [0, 0.1) is 6.42 Å². The molecule has 0 heteroatoms. The minimum atomic E-state index is 1.20. The highest BCUT2D eigenvalue weighted by atomic mass is 13.9. The molecular weight excluding hydrogens is 156 g/mol. The van der Waals surface area contributed by atoms with Gasteiger partial charge < -0.3 is 0 Å². The Bertz CT molecular complexity index is 164. The van der Waals surface area contributed by atoms with E-state index in [0.717, 1.165) is 0 Å². The Hall–Kier alpha value is -0.780. The minimum Gasteiger partial charge on any atom is -0.0885 e. The van der Waals surface area contributed by atoms with E-state index in [4.69, 9.17) is 0 Å². The molecule has 0 unspecified atom stereocenters. The van der Waals surface area contributed by atoms with Crippen LogP contribution in [-0.2, 0) is 0 Å². The van der Waals surface area contributed by atoms with Crippen molar-refractivity contribution in [3.8, 4) is 0 Å². The third-order valence-electron chi connectivity index (χ3n) is 2.14. The Morgan fingerprint density at radius 3 is 1.54 bits per heavy atom. The highest BCUT2D eigenvalue weighted by molar-refractivity contribution is 5.08. The van der Waals surface area contributed by atoms with E-state index in [-0.39, 0.29) is 0 Å². The monoisotopic (exact) mass is 175 g/mol. The molecule has 0 nitrogen and oxygen atoms in total. The fourth-order valence-electron chi connectivity index (χ4n) is 1.36. The lowest BCUT2D eigenvalue weighted by molar-refractivity contribution is 0.842. The van der Waals surface area contributed by atoms with Crippen molar-refractivity contribution < 1.29 is 0 Å². The molecule has 0 aromatic heterocycles. The van der Waals surface area contributed by atoms with Crippen LogP contribution in [0.25, 0.3) is 0 Å². The lowest BCUT2D eigenvalue weighted by atomic mass is 10.2. The van der Waals surface area contributed by atoms with E-state index in [1.165, 1.54) is 38.5 Å². The number of hydrogen-bond acceptors (Lipinski definition) is 0. The summed E-state index contributed by atoms with van der Waals surface area (Å²) in [7, 11) is 0. The Morgan fingerprint density at radius 2 is 1.00 bits per heavy atom. The van der Waals surface area contributed by atoms with Crippen LogP contribution in [0.1, 0.15) is 38.5 Å². The lowest BCUT2D eigenvalue weighted by Gasteiger charge is -1.90. The van der Waals surface area contributed by atoms with Gasteiger partial charge in [-0.15, -0.1) is 0 Å². The molecule has 71 valence electrons. The summed E-state index contributed by atoms with van der Waals surface area (Å²) < 4.78 is 0. The van der Waals surface area contributed by atoms with Gasteiger partial charge in [0.1, 0.15) is 0 Å². The first-order valence-corrected chi connectivity index (χ1v) is 5.30. The fraction of sp³-hybridized carbons (Fsp3) is 0.462. The Morgan fingerprint density at radius 1 is 0.538 bits per heavy atom. The molecular formula is C13H19. The molecule has 0 N–H and O–H groups in total. The number of rotatable bonds is 0. The van der Waals surface area contributed by atoms with Crippen molar-refractivity contribution in [3.05, 3.63) is 42.9 Å². The zero-order valence-electron chi connectivity index (χ0n) is 8.28. The van der Waals surface area contributed by atoms with Crippen molar-refractivity contribution in [2.45, 2.75) is 38.5 Å². The van der Waals surface area contributed by atoms with Crippen LogP contribution in [-0.4, -0.2) is 0 Å². The molecule has 1 rings (SSSR count). The molecule has 1 aliphatic carbocycles. The summed E-state index contributed by atoms with van der Waals surface area (Å²) in [4.78, 5) is 0. The maximum absolute atomic E-state index is 2.32. The normalized spacial score (nSPS) is 20.3. The van der Waals surface area contributed by atoms with Gasteiger partial charge in [0, 0.05) is 6.42 Å². The predicted molar refractivity (Wildman–Crippen MR) is 59.4 cm³/mol. The average molecular weight is 175 g/mol. The first-order valence-electron chi connectivity index (χ1n) is 5.30. The second kappa shape index (κ2) is 7.85. The molecule has 0 heterocycles. The molecule has 0 fully saturated rings. The molecule has 0 amide bonds. The van der Waals surface area contributed by atoms with Gasteiger partial charge in [0.05, 0.1) is 0 Å². The van der Waals surface area contributed by atoms with E-state index in [2.05, 4.69) is 42.9 Å². The average Bonchev–Trinajstić information content (AvgIpc) is 2.18. The van der Waals surface area contributed by atoms with Crippen molar-refractivity contribution in [1.82, 2.24) is 0 Å². The standard InChI is InChI=1S/C13H19/c1-2-4-6-8-10-12-13-11-9-7-5-3-1/h1-5,12-13H,6-11H2. The lowest BCUT2D eigenvalue weighted by Crippen LogP contribution is -1.70. The molecule has 0 aliphatic heterocycles. The largest absolute Gasteiger partial charge is 0.0885 e. The van der Waals surface area contributed by atoms with E-state index < -0.39 is 0 Å². The topological polar surface area (TPSA) is 0 Å². The van der Waals surface area contributed by atoms with Crippen LogP contribution < -0.4 is 0 Å². The summed E-state index contributed by atoms with van der Waals surface area (Å²) in [5.41, 5.74) is 0. The maximum Gasteiger partial charge on any atom is 0.00441 e. The zero-order valence-corrected chi connectivity index (χ0v) is 8.28. The molecule has 0 atom stereocenters. The molecule has 13 heavy (non-hydrogen) atoms. The summed E-state index contributed by atoms with van der Waals surface area (Å²) >= 11 is 0. The molecule has 0 aromatic rings. The highest BCUT2D eigenvalue weighted by Crippen LogP contribution is 2.04. The van der Waals surface area contributed by atoms with Gasteiger partial charge in [-0.1, -0.05) is 36.5 Å². The Kier molecular flexibility index (Phi) is 6.22. The quantitative estimate of drug-likeness (QED) is 0.484. The maximum atomic E-state index is 2.32. The van der Waals surface area contributed by atoms with Crippen LogP contribution in [0.4, 0.5) is 0 Å². The molecule has 0 saturated heterocycles. The smallest absolute Gasteiger partial charge is 0.00441 e. The van der Waals surface area contributed by atoms with E-state index >= 15 is 0 Å². The van der Waals surface area contributed by atoms with Crippen molar-refractivity contribution in [3.63, 3.8) is 0 Å². The van der Waals surface area contributed by atoms with Crippen LogP contribution in [0.5, 0.6) is 0 Å². The molecule has 0 aromatic carbocycles. The summed E-state index contributed by atoms with van der Waals surface area (Å²) in [5.74, 6) is 0. The zero-order chi connectivity index (χ0) is 9.19. The van der Waals surface area contributed by atoms with Crippen LogP contribution in [0.2, 0.25) is 0 Å². The molecule has 0 spiro atoms. The van der Waals surface area contributed by atoms with Gasteiger partial charge in [0.2, 0.25) is 0 Å². The van der Waals surface area contributed by atoms with Gasteiger partial charge in [-0.2, -0.15) is 0 Å². The first kappa shape index (κ1) is 10.3. The number of allylic oxidation sites excluding steroid dienone is 6. The molecule has 1 radical (unpaired) electrons. The van der Waals surface area contributed by atoms with Gasteiger partial charge >= 0.3 is 0 Å². The third-order valence-corrected chi connectivity index (χ3v) is 2.14. The van der Waals surface area contributed by atoms with Crippen LogP contribution in [0.3, 0.4) is 0 Å². The minimum absolute atomic E-state index is 1.20. The van der Waals surface area contributed by atoms with Crippen LogP contribution >= 0.6 is 0 Å². The van der Waals surface area contributed by atoms with E-state index in [0.29, 0.717) is 0 Å². The summed E-state index contributed by atoms with van der Waals surface area (Å²) in [6.45, 7) is 0. The van der Waals surface area contributed by atoms with Gasteiger partial charge in [0.25, 0.3) is 0 Å². The second-order valence-corrected chi connectivity index (χ2v) is 3.38. The summed E-state index contributed by atoms with van der Waals surface area (Å²) in [6.07, 6.45) is 23.0. The van der Waals surface area contributed by atoms with E-state index in [9.17, 15) is 0 Å². The van der Waals surface area contributed by atoms with Crippen molar-refractivity contribution >= 4 is 0 Å². The van der Waals surface area contributed by atoms with Crippen molar-refractivity contribution in [1.29, 1.82) is 0 Å². The summed E-state index contributed by atoms with van der Waals surface area (Å²) in [5, 5.41) is 0. The molecule has 0 saturated carbocycles. The highest BCUT2D eigenvalue weighted by Gasteiger charge is 1.84. The van der Waals surface area contributed by atoms with Gasteiger partial charge in [0.15, 0.2) is 0 Å². The predicted octanol–water partition coefficient (Wildman–Crippen LogP) is 4.21. The van der Waals surface area contributed by atoms with Gasteiger partial charge in [-0.25, -0.2) is 0 Å². The molecule has 0 bridgehead atoms. The fourth-order valence-corrected chi connectivity index (χ4v) is 1.36. The SMILES string of the molecule is [CH]1C=CCCCC=CCCCC=C1. The third kappa shape index (κ3) is 6.39. The van der Waals surface area contributed by atoms with Crippen molar-refractivity contribution in [2.75, 3.05) is 0 Å². The van der Waals surface area contributed by atoms with E-state index in [1.54, 1.807) is 0 Å². The van der Waals surface area contributed by atoms with Crippen LogP contribution in [0.15, 0.2) is 36.5 Å². The summed E-state index contributed by atoms with van der Waals surface area (Å²) in [6, 6.07) is 0. The Labute approximate surface area is 82.0 Å².